The Morgan fingerprint density at radius 1 is 0.963 bits per heavy atom. The molecule has 0 unspecified atom stereocenters. The maximum Gasteiger partial charge on any atom is 0.573 e. The van der Waals surface area contributed by atoms with Gasteiger partial charge < -0.3 is 15.4 Å². The zero-order valence-electron chi connectivity index (χ0n) is 14.0. The van der Waals surface area contributed by atoms with Crippen LogP contribution >= 0.6 is 0 Å². The molecule has 0 saturated carbocycles. The number of amides is 2. The van der Waals surface area contributed by atoms with E-state index >= 15 is 0 Å². The summed E-state index contributed by atoms with van der Waals surface area (Å²) in [4.78, 5) is 23.6. The molecule has 0 aliphatic heterocycles. The van der Waals surface area contributed by atoms with Crippen LogP contribution in [0.15, 0.2) is 48.5 Å². The highest BCUT2D eigenvalue weighted by Gasteiger charge is 2.30. The lowest BCUT2D eigenvalue weighted by atomic mass is 10.2. The fourth-order valence-corrected chi connectivity index (χ4v) is 2.12. The molecule has 0 fully saturated rings. The lowest BCUT2D eigenvalue weighted by molar-refractivity contribution is -0.274. The third-order valence-electron chi connectivity index (χ3n) is 3.34. The molecule has 0 aliphatic rings. The van der Waals surface area contributed by atoms with E-state index in [2.05, 4.69) is 15.4 Å². The number of alkyl halides is 3. The minimum Gasteiger partial charge on any atom is -0.406 e. The average molecular weight is 384 g/mol. The number of anilines is 1. The molecule has 27 heavy (non-hydrogen) atoms. The standard InChI is InChI=1S/C18H16F4N2O3/c19-13-5-3-12(4-6-13)17(26)23-11-1-2-16(25)24-14-7-9-15(10-8-14)27-18(20,21)22/h3-10H,1-2,11H2,(H,23,26)(H,24,25). The van der Waals surface area contributed by atoms with Gasteiger partial charge in [-0.1, -0.05) is 0 Å². The van der Waals surface area contributed by atoms with Crippen LogP contribution in [0.25, 0.3) is 0 Å². The van der Waals surface area contributed by atoms with E-state index in [1.165, 1.54) is 36.4 Å². The van der Waals surface area contributed by atoms with Gasteiger partial charge in [0.2, 0.25) is 5.91 Å². The van der Waals surface area contributed by atoms with Crippen LogP contribution in [-0.4, -0.2) is 24.7 Å². The Kier molecular flexibility index (Phi) is 6.75. The molecule has 0 atom stereocenters. The van der Waals surface area contributed by atoms with Crippen LogP contribution in [0.2, 0.25) is 0 Å². The van der Waals surface area contributed by atoms with E-state index in [4.69, 9.17) is 0 Å². The van der Waals surface area contributed by atoms with Crippen LogP contribution in [0.3, 0.4) is 0 Å². The van der Waals surface area contributed by atoms with Gasteiger partial charge in [0.25, 0.3) is 5.91 Å². The maximum atomic E-state index is 12.8. The summed E-state index contributed by atoms with van der Waals surface area (Å²) in [6.07, 6.45) is -4.32. The number of benzene rings is 2. The highest BCUT2D eigenvalue weighted by molar-refractivity contribution is 5.94. The number of rotatable bonds is 7. The monoisotopic (exact) mass is 384 g/mol. The number of carbonyl (C=O) groups excluding carboxylic acids is 2. The van der Waals surface area contributed by atoms with Gasteiger partial charge in [0.15, 0.2) is 0 Å². The van der Waals surface area contributed by atoms with E-state index in [9.17, 15) is 27.2 Å². The molecule has 0 spiro atoms. The van der Waals surface area contributed by atoms with Crippen LogP contribution in [0.4, 0.5) is 23.2 Å². The molecular formula is C18H16F4N2O3. The summed E-state index contributed by atoms with van der Waals surface area (Å²) >= 11 is 0. The lowest BCUT2D eigenvalue weighted by Gasteiger charge is -2.10. The molecule has 0 bridgehead atoms. The van der Waals surface area contributed by atoms with Gasteiger partial charge in [0.1, 0.15) is 11.6 Å². The van der Waals surface area contributed by atoms with E-state index in [1.807, 2.05) is 0 Å². The summed E-state index contributed by atoms with van der Waals surface area (Å²) in [5.41, 5.74) is 0.631. The normalized spacial score (nSPS) is 11.0. The largest absolute Gasteiger partial charge is 0.573 e. The Morgan fingerprint density at radius 2 is 1.59 bits per heavy atom. The molecule has 0 radical (unpaired) electrons. The number of ether oxygens (including phenoxy) is 1. The molecule has 9 heteroatoms. The second kappa shape index (κ2) is 9.02. The van der Waals surface area contributed by atoms with E-state index in [0.717, 1.165) is 12.1 Å². The quantitative estimate of drug-likeness (QED) is 0.563. The van der Waals surface area contributed by atoms with Crippen LogP contribution < -0.4 is 15.4 Å². The second-order valence-electron chi connectivity index (χ2n) is 5.49. The summed E-state index contributed by atoms with van der Waals surface area (Å²) in [6.45, 7) is 0.238. The van der Waals surface area contributed by atoms with Crippen molar-refractivity contribution in [2.75, 3.05) is 11.9 Å². The predicted octanol–water partition coefficient (Wildman–Crippen LogP) is 3.87. The van der Waals surface area contributed by atoms with Crippen molar-refractivity contribution in [2.24, 2.45) is 0 Å². The molecule has 5 nitrogen and oxygen atoms in total. The molecule has 0 aliphatic carbocycles. The van der Waals surface area contributed by atoms with Gasteiger partial charge in [-0.15, -0.1) is 13.2 Å². The van der Waals surface area contributed by atoms with Crippen LogP contribution in [0.1, 0.15) is 23.2 Å². The molecule has 0 heterocycles. The average Bonchev–Trinajstić information content (AvgIpc) is 2.59. The molecule has 2 amide bonds. The smallest absolute Gasteiger partial charge is 0.406 e. The fourth-order valence-electron chi connectivity index (χ4n) is 2.12. The van der Waals surface area contributed by atoms with Crippen LogP contribution in [-0.2, 0) is 4.79 Å². The maximum absolute atomic E-state index is 12.8. The summed E-state index contributed by atoms with van der Waals surface area (Å²) < 4.78 is 52.7. The molecule has 0 saturated heterocycles. The van der Waals surface area contributed by atoms with E-state index < -0.39 is 12.2 Å². The summed E-state index contributed by atoms with van der Waals surface area (Å²) in [5, 5.41) is 5.13. The Bertz CT molecular complexity index is 775. The van der Waals surface area contributed by atoms with Crippen molar-refractivity contribution in [3.05, 3.63) is 59.9 Å². The minimum absolute atomic E-state index is 0.102. The van der Waals surface area contributed by atoms with E-state index in [-0.39, 0.29) is 30.5 Å². The van der Waals surface area contributed by atoms with Crippen molar-refractivity contribution in [1.82, 2.24) is 5.32 Å². The van der Waals surface area contributed by atoms with Gasteiger partial charge in [0, 0.05) is 24.2 Å². The molecule has 2 N–H and O–H groups in total. The van der Waals surface area contributed by atoms with Gasteiger partial charge in [-0.2, -0.15) is 0 Å². The van der Waals surface area contributed by atoms with Crippen molar-refractivity contribution >= 4 is 17.5 Å². The van der Waals surface area contributed by atoms with Crippen molar-refractivity contribution in [2.45, 2.75) is 19.2 Å². The van der Waals surface area contributed by atoms with Gasteiger partial charge in [-0.25, -0.2) is 4.39 Å². The third-order valence-corrected chi connectivity index (χ3v) is 3.34. The van der Waals surface area contributed by atoms with E-state index in [0.29, 0.717) is 17.7 Å². The Morgan fingerprint density at radius 3 is 2.19 bits per heavy atom. The molecule has 144 valence electrons. The highest BCUT2D eigenvalue weighted by atomic mass is 19.4. The zero-order valence-corrected chi connectivity index (χ0v) is 14.0. The summed E-state index contributed by atoms with van der Waals surface area (Å²) in [7, 11) is 0. The molecule has 2 aromatic rings. The molecule has 0 aromatic heterocycles. The van der Waals surface area contributed by atoms with Crippen molar-refractivity contribution in [3.63, 3.8) is 0 Å². The number of hydrogen-bond donors (Lipinski definition) is 2. The first kappa shape index (κ1) is 20.2. The SMILES string of the molecule is O=C(CCCNC(=O)c1ccc(F)cc1)Nc1ccc(OC(F)(F)F)cc1. The predicted molar refractivity (Wildman–Crippen MR) is 89.7 cm³/mol. The third kappa shape index (κ3) is 7.35. The van der Waals surface area contributed by atoms with Crippen molar-refractivity contribution in [3.8, 4) is 5.75 Å². The second-order valence-corrected chi connectivity index (χ2v) is 5.49. The summed E-state index contributed by atoms with van der Waals surface area (Å²) in [5.74, 6) is -1.56. The number of halogens is 4. The van der Waals surface area contributed by atoms with E-state index in [1.54, 1.807) is 0 Å². The first-order valence-corrected chi connectivity index (χ1v) is 7.92. The molecular weight excluding hydrogens is 368 g/mol. The van der Waals surface area contributed by atoms with Crippen LogP contribution in [0.5, 0.6) is 5.75 Å². The lowest BCUT2D eigenvalue weighted by Crippen LogP contribution is -2.25. The zero-order chi connectivity index (χ0) is 19.9. The van der Waals surface area contributed by atoms with Crippen LogP contribution in [0, 0.1) is 5.82 Å². The van der Waals surface area contributed by atoms with Gasteiger partial charge in [-0.05, 0) is 55.0 Å². The molecule has 2 rings (SSSR count). The number of carbonyl (C=O) groups is 2. The van der Waals surface area contributed by atoms with Gasteiger partial charge in [-0.3, -0.25) is 9.59 Å². The molecule has 2 aromatic carbocycles. The van der Waals surface area contributed by atoms with Gasteiger partial charge in [0.05, 0.1) is 0 Å². The van der Waals surface area contributed by atoms with Gasteiger partial charge >= 0.3 is 6.36 Å². The van der Waals surface area contributed by atoms with Crippen molar-refractivity contribution in [1.29, 1.82) is 0 Å². The topological polar surface area (TPSA) is 67.4 Å². The highest BCUT2D eigenvalue weighted by Crippen LogP contribution is 2.23. The Balaban J connectivity index is 1.70. The Hall–Kier alpha value is -3.10. The number of nitrogens with one attached hydrogen (secondary N) is 2. The first-order valence-electron chi connectivity index (χ1n) is 7.92. The summed E-state index contributed by atoms with van der Waals surface area (Å²) in [6, 6.07) is 9.80. The fraction of sp³-hybridized carbons (Fsp3) is 0.222. The first-order chi connectivity index (χ1) is 12.7. The Labute approximate surface area is 152 Å². The number of hydrogen-bond acceptors (Lipinski definition) is 3. The van der Waals surface area contributed by atoms with Crippen molar-refractivity contribution < 1.29 is 31.9 Å². The minimum atomic E-state index is -4.77.